The maximum atomic E-state index is 13.9. The Morgan fingerprint density at radius 1 is 1.12 bits per heavy atom. The second kappa shape index (κ2) is 9.13. The highest BCUT2D eigenvalue weighted by molar-refractivity contribution is 5.88. The van der Waals surface area contributed by atoms with E-state index >= 15 is 0 Å². The summed E-state index contributed by atoms with van der Waals surface area (Å²) in [6.07, 6.45) is -0.0811. The fourth-order valence-corrected chi connectivity index (χ4v) is 2.70. The smallest absolute Gasteiger partial charge is 0.242 e. The summed E-state index contributed by atoms with van der Waals surface area (Å²) in [7, 11) is 0. The third-order valence-corrected chi connectivity index (χ3v) is 4.29. The lowest BCUT2D eigenvalue weighted by molar-refractivity contribution is -0.140. The van der Waals surface area contributed by atoms with E-state index in [-0.39, 0.29) is 18.2 Å². The molecule has 2 aromatic rings. The van der Waals surface area contributed by atoms with Gasteiger partial charge < -0.3 is 10.2 Å². The Hall–Kier alpha value is -2.69. The van der Waals surface area contributed by atoms with Crippen molar-refractivity contribution in [2.24, 2.45) is 0 Å². The number of nitrogens with one attached hydrogen (secondary N) is 1. The molecule has 0 heterocycles. The van der Waals surface area contributed by atoms with Crippen molar-refractivity contribution in [1.29, 1.82) is 0 Å². The van der Waals surface area contributed by atoms with Crippen LogP contribution in [-0.4, -0.2) is 29.3 Å². The number of carbonyl (C=O) groups is 2. The Morgan fingerprint density at radius 2 is 1.77 bits per heavy atom. The summed E-state index contributed by atoms with van der Waals surface area (Å²) in [5.41, 5.74) is 2.37. The van der Waals surface area contributed by atoms with Gasteiger partial charge in [-0.25, -0.2) is 4.39 Å². The first-order valence-electron chi connectivity index (χ1n) is 8.78. The molecule has 0 saturated carbocycles. The highest BCUT2D eigenvalue weighted by Crippen LogP contribution is 2.14. The predicted octanol–water partition coefficient (Wildman–Crippen LogP) is 3.23. The zero-order valence-electron chi connectivity index (χ0n) is 15.5. The number of nitrogens with zero attached hydrogens (tertiary/aromatic N) is 1. The molecule has 26 heavy (non-hydrogen) atoms. The highest BCUT2D eigenvalue weighted by atomic mass is 19.1. The minimum atomic E-state index is -0.643. The molecule has 138 valence electrons. The van der Waals surface area contributed by atoms with Gasteiger partial charge in [-0.15, -0.1) is 0 Å². The standard InChI is InChI=1S/C21H25FN2O2/c1-4-23-21(26)16(3)24(14-17-11-9-15(2)10-12-17)20(25)13-18-7-5-6-8-19(18)22/h5-12,16H,4,13-14H2,1-3H3,(H,23,26)/t16-/m0/s1. The van der Waals surface area contributed by atoms with E-state index in [2.05, 4.69) is 5.32 Å². The summed E-state index contributed by atoms with van der Waals surface area (Å²) in [4.78, 5) is 26.6. The van der Waals surface area contributed by atoms with Crippen LogP contribution in [0.3, 0.4) is 0 Å². The summed E-state index contributed by atoms with van der Waals surface area (Å²) < 4.78 is 13.9. The normalized spacial score (nSPS) is 11.7. The highest BCUT2D eigenvalue weighted by Gasteiger charge is 2.26. The van der Waals surface area contributed by atoms with Gasteiger partial charge in [0, 0.05) is 13.1 Å². The molecule has 5 heteroatoms. The number of rotatable bonds is 7. The SMILES string of the molecule is CCNC(=O)[C@H](C)N(Cc1ccc(C)cc1)C(=O)Cc1ccccc1F. The van der Waals surface area contributed by atoms with Crippen molar-refractivity contribution >= 4 is 11.8 Å². The summed E-state index contributed by atoms with van der Waals surface area (Å²) in [5, 5.41) is 2.74. The molecule has 1 N–H and O–H groups in total. The molecule has 1 atom stereocenters. The summed E-state index contributed by atoms with van der Waals surface area (Å²) in [5.74, 6) is -0.919. The van der Waals surface area contributed by atoms with Crippen LogP contribution in [0, 0.1) is 12.7 Å². The fourth-order valence-electron chi connectivity index (χ4n) is 2.70. The maximum absolute atomic E-state index is 13.9. The first-order chi connectivity index (χ1) is 12.4. The molecule has 0 unspecified atom stereocenters. The molecule has 2 amide bonds. The number of amides is 2. The van der Waals surface area contributed by atoms with Crippen molar-refractivity contribution in [3.63, 3.8) is 0 Å². The van der Waals surface area contributed by atoms with Crippen LogP contribution in [0.2, 0.25) is 0 Å². The number of halogens is 1. The molecule has 0 aliphatic heterocycles. The first-order valence-corrected chi connectivity index (χ1v) is 8.78. The van der Waals surface area contributed by atoms with E-state index in [1.54, 1.807) is 25.1 Å². The van der Waals surface area contributed by atoms with Gasteiger partial charge in [-0.05, 0) is 38.0 Å². The van der Waals surface area contributed by atoms with E-state index in [9.17, 15) is 14.0 Å². The Balaban J connectivity index is 2.23. The van der Waals surface area contributed by atoms with Gasteiger partial charge in [-0.1, -0.05) is 48.0 Å². The summed E-state index contributed by atoms with van der Waals surface area (Å²) in [6.45, 7) is 6.30. The van der Waals surface area contributed by atoms with Crippen molar-refractivity contribution in [1.82, 2.24) is 10.2 Å². The monoisotopic (exact) mass is 356 g/mol. The van der Waals surface area contributed by atoms with Crippen molar-refractivity contribution in [2.45, 2.75) is 39.8 Å². The molecular weight excluding hydrogens is 331 g/mol. The summed E-state index contributed by atoms with van der Waals surface area (Å²) >= 11 is 0. The Kier molecular flexibility index (Phi) is 6.89. The average Bonchev–Trinajstić information content (AvgIpc) is 2.62. The van der Waals surface area contributed by atoms with Gasteiger partial charge in [0.15, 0.2) is 0 Å². The molecule has 0 radical (unpaired) electrons. The van der Waals surface area contributed by atoms with Gasteiger partial charge in [-0.2, -0.15) is 0 Å². The van der Waals surface area contributed by atoms with Crippen LogP contribution in [0.4, 0.5) is 4.39 Å². The Morgan fingerprint density at radius 3 is 2.38 bits per heavy atom. The number of hydrogen-bond acceptors (Lipinski definition) is 2. The molecule has 2 rings (SSSR count). The van der Waals surface area contributed by atoms with Crippen LogP contribution in [0.15, 0.2) is 48.5 Å². The second-order valence-corrected chi connectivity index (χ2v) is 6.35. The van der Waals surface area contributed by atoms with Crippen molar-refractivity contribution < 1.29 is 14.0 Å². The second-order valence-electron chi connectivity index (χ2n) is 6.35. The van der Waals surface area contributed by atoms with Crippen LogP contribution in [-0.2, 0) is 22.6 Å². The number of likely N-dealkylation sites (N-methyl/N-ethyl adjacent to an activating group) is 1. The van der Waals surface area contributed by atoms with E-state index in [1.165, 1.54) is 11.0 Å². The minimum Gasteiger partial charge on any atom is -0.355 e. The minimum absolute atomic E-state index is 0.0811. The molecule has 2 aromatic carbocycles. The molecule has 0 aliphatic carbocycles. The van der Waals surface area contributed by atoms with Gasteiger partial charge in [0.25, 0.3) is 0 Å². The largest absolute Gasteiger partial charge is 0.355 e. The lowest BCUT2D eigenvalue weighted by Crippen LogP contribution is -2.48. The van der Waals surface area contributed by atoms with Gasteiger partial charge in [0.05, 0.1) is 6.42 Å². The van der Waals surface area contributed by atoms with Crippen molar-refractivity contribution in [3.8, 4) is 0 Å². The van der Waals surface area contributed by atoms with Crippen LogP contribution in [0.1, 0.15) is 30.5 Å². The topological polar surface area (TPSA) is 49.4 Å². The van der Waals surface area contributed by atoms with Crippen LogP contribution < -0.4 is 5.32 Å². The lowest BCUT2D eigenvalue weighted by Gasteiger charge is -2.29. The Labute approximate surface area is 154 Å². The van der Waals surface area contributed by atoms with E-state index in [0.717, 1.165) is 11.1 Å². The number of hydrogen-bond donors (Lipinski definition) is 1. The molecule has 0 aliphatic rings. The average molecular weight is 356 g/mol. The third kappa shape index (κ3) is 5.15. The first kappa shape index (κ1) is 19.6. The third-order valence-electron chi connectivity index (χ3n) is 4.29. The van der Waals surface area contributed by atoms with Gasteiger partial charge >= 0.3 is 0 Å². The van der Waals surface area contributed by atoms with Gasteiger partial charge in [0.2, 0.25) is 11.8 Å². The predicted molar refractivity (Wildman–Crippen MR) is 100.0 cm³/mol. The van der Waals surface area contributed by atoms with E-state index in [0.29, 0.717) is 18.7 Å². The molecule has 4 nitrogen and oxygen atoms in total. The van der Waals surface area contributed by atoms with Crippen LogP contribution >= 0.6 is 0 Å². The van der Waals surface area contributed by atoms with E-state index in [1.807, 2.05) is 38.1 Å². The zero-order valence-corrected chi connectivity index (χ0v) is 15.5. The van der Waals surface area contributed by atoms with Gasteiger partial charge in [0.1, 0.15) is 11.9 Å². The fraction of sp³-hybridized carbons (Fsp3) is 0.333. The molecule has 0 spiro atoms. The number of carbonyl (C=O) groups excluding carboxylic acids is 2. The quantitative estimate of drug-likeness (QED) is 0.828. The number of aryl methyl sites for hydroxylation is 1. The molecule has 0 aromatic heterocycles. The van der Waals surface area contributed by atoms with E-state index < -0.39 is 11.9 Å². The molecule has 0 bridgehead atoms. The van der Waals surface area contributed by atoms with Crippen LogP contribution in [0.5, 0.6) is 0 Å². The van der Waals surface area contributed by atoms with Gasteiger partial charge in [-0.3, -0.25) is 9.59 Å². The van der Waals surface area contributed by atoms with Crippen molar-refractivity contribution in [2.75, 3.05) is 6.54 Å². The maximum Gasteiger partial charge on any atom is 0.242 e. The summed E-state index contributed by atoms with van der Waals surface area (Å²) in [6, 6.07) is 13.4. The molecule has 0 saturated heterocycles. The number of benzene rings is 2. The molecule has 0 fully saturated rings. The molecular formula is C21H25FN2O2. The lowest BCUT2D eigenvalue weighted by atomic mass is 10.1. The van der Waals surface area contributed by atoms with E-state index in [4.69, 9.17) is 0 Å². The zero-order chi connectivity index (χ0) is 19.1. The van der Waals surface area contributed by atoms with Crippen LogP contribution in [0.25, 0.3) is 0 Å². The van der Waals surface area contributed by atoms with Crippen molar-refractivity contribution in [3.05, 3.63) is 71.0 Å². The Bertz CT molecular complexity index is 759.